The number of hydrogen-bond acceptors (Lipinski definition) is 3. The first-order valence-electron chi connectivity index (χ1n) is 4.91. The fourth-order valence-corrected chi connectivity index (χ4v) is 0.782. The molecule has 5 nitrogen and oxygen atoms in total. The molecule has 0 spiro atoms. The molecule has 1 amide bonds. The average molecular weight is 216 g/mol. The molecule has 0 fully saturated rings. The van der Waals surface area contributed by atoms with Gasteiger partial charge in [-0.25, -0.2) is 0 Å². The molecule has 5 heteroatoms. The van der Waals surface area contributed by atoms with Gasteiger partial charge >= 0.3 is 5.97 Å². The number of amides is 1. The average Bonchev–Trinajstić information content (AvgIpc) is 2.11. The third-order valence-corrected chi connectivity index (χ3v) is 2.49. The van der Waals surface area contributed by atoms with Gasteiger partial charge in [-0.3, -0.25) is 9.59 Å². The summed E-state index contributed by atoms with van der Waals surface area (Å²) in [6.45, 7) is 4.52. The van der Waals surface area contributed by atoms with Crippen molar-refractivity contribution in [1.82, 2.24) is 10.2 Å². The molecule has 0 heterocycles. The molecule has 0 radical (unpaired) electrons. The van der Waals surface area contributed by atoms with Gasteiger partial charge in [0.15, 0.2) is 0 Å². The van der Waals surface area contributed by atoms with Crippen LogP contribution < -0.4 is 5.32 Å². The smallest absolute Gasteiger partial charge is 0.303 e. The first-order chi connectivity index (χ1) is 6.75. The lowest BCUT2D eigenvalue weighted by Crippen LogP contribution is -2.48. The first kappa shape index (κ1) is 13.9. The minimum atomic E-state index is -0.947. The van der Waals surface area contributed by atoms with Gasteiger partial charge in [-0.1, -0.05) is 0 Å². The first-order valence-corrected chi connectivity index (χ1v) is 4.91. The second kappa shape index (κ2) is 5.70. The molecule has 0 aliphatic rings. The molecule has 0 saturated heterocycles. The van der Waals surface area contributed by atoms with E-state index in [1.807, 2.05) is 32.8 Å². The van der Waals surface area contributed by atoms with Gasteiger partial charge in [0.25, 0.3) is 0 Å². The number of carbonyl (C=O) groups is 2. The van der Waals surface area contributed by atoms with E-state index in [1.165, 1.54) is 0 Å². The van der Waals surface area contributed by atoms with Gasteiger partial charge in [-0.2, -0.15) is 0 Å². The Hall–Kier alpha value is -1.10. The van der Waals surface area contributed by atoms with Crippen molar-refractivity contribution in [3.63, 3.8) is 0 Å². The Morgan fingerprint density at radius 2 is 1.80 bits per heavy atom. The molecule has 0 aliphatic carbocycles. The maximum Gasteiger partial charge on any atom is 0.303 e. The topological polar surface area (TPSA) is 69.6 Å². The van der Waals surface area contributed by atoms with E-state index in [9.17, 15) is 9.59 Å². The summed E-state index contributed by atoms with van der Waals surface area (Å²) in [7, 11) is 3.87. The Bertz CT molecular complexity index is 237. The zero-order chi connectivity index (χ0) is 12.1. The summed E-state index contributed by atoms with van der Waals surface area (Å²) in [5, 5.41) is 11.1. The van der Waals surface area contributed by atoms with Crippen LogP contribution in [0.15, 0.2) is 0 Å². The second-order valence-electron chi connectivity index (χ2n) is 4.38. The molecule has 0 aromatic heterocycles. The van der Waals surface area contributed by atoms with Crippen LogP contribution in [0, 0.1) is 0 Å². The van der Waals surface area contributed by atoms with Crippen molar-refractivity contribution in [2.75, 3.05) is 20.6 Å². The van der Waals surface area contributed by atoms with Crippen LogP contribution in [0.4, 0.5) is 0 Å². The summed E-state index contributed by atoms with van der Waals surface area (Å²) >= 11 is 0. The van der Waals surface area contributed by atoms with Crippen LogP contribution in [-0.2, 0) is 9.59 Å². The SMILES string of the molecule is CN(C)C(C)(C)CNC(=O)CCC(=O)O. The zero-order valence-corrected chi connectivity index (χ0v) is 9.83. The molecular weight excluding hydrogens is 196 g/mol. The van der Waals surface area contributed by atoms with Crippen LogP contribution in [0.3, 0.4) is 0 Å². The van der Waals surface area contributed by atoms with Gasteiger partial charge in [-0.05, 0) is 27.9 Å². The number of carboxylic acid groups (broad SMARTS) is 1. The van der Waals surface area contributed by atoms with E-state index in [0.717, 1.165) is 0 Å². The number of hydrogen-bond donors (Lipinski definition) is 2. The number of aliphatic carboxylic acids is 1. The summed E-state index contributed by atoms with van der Waals surface area (Å²) in [5.74, 6) is -1.16. The van der Waals surface area contributed by atoms with Gasteiger partial charge in [0.1, 0.15) is 0 Å². The van der Waals surface area contributed by atoms with Crippen molar-refractivity contribution in [2.24, 2.45) is 0 Å². The highest BCUT2D eigenvalue weighted by Gasteiger charge is 2.20. The van der Waals surface area contributed by atoms with E-state index in [0.29, 0.717) is 6.54 Å². The predicted octanol–water partition coefficient (Wildman–Crippen LogP) is 0.308. The van der Waals surface area contributed by atoms with E-state index >= 15 is 0 Å². The molecule has 0 rings (SSSR count). The molecule has 0 atom stereocenters. The number of nitrogens with one attached hydrogen (secondary N) is 1. The summed E-state index contributed by atoms with van der Waals surface area (Å²) in [6.07, 6.45) is -0.0763. The lowest BCUT2D eigenvalue weighted by Gasteiger charge is -2.32. The fourth-order valence-electron chi connectivity index (χ4n) is 0.782. The molecule has 15 heavy (non-hydrogen) atoms. The monoisotopic (exact) mass is 216 g/mol. The van der Waals surface area contributed by atoms with Gasteiger partial charge in [0.2, 0.25) is 5.91 Å². The summed E-state index contributed by atoms with van der Waals surface area (Å²) in [6, 6.07) is 0. The van der Waals surface area contributed by atoms with Crippen LogP contribution in [0.2, 0.25) is 0 Å². The Morgan fingerprint density at radius 3 is 2.20 bits per heavy atom. The number of carbonyl (C=O) groups excluding carboxylic acids is 1. The molecule has 0 bridgehead atoms. The number of rotatable bonds is 6. The fraction of sp³-hybridized carbons (Fsp3) is 0.800. The molecule has 0 aromatic rings. The lowest BCUT2D eigenvalue weighted by molar-refractivity contribution is -0.138. The van der Waals surface area contributed by atoms with Crippen molar-refractivity contribution in [1.29, 1.82) is 0 Å². The third-order valence-electron chi connectivity index (χ3n) is 2.49. The Balaban J connectivity index is 3.85. The highest BCUT2D eigenvalue weighted by Crippen LogP contribution is 2.07. The number of nitrogens with zero attached hydrogens (tertiary/aromatic N) is 1. The second-order valence-corrected chi connectivity index (χ2v) is 4.38. The Kier molecular flexibility index (Phi) is 5.28. The van der Waals surface area contributed by atoms with Gasteiger partial charge in [0, 0.05) is 18.5 Å². The van der Waals surface area contributed by atoms with Gasteiger partial charge in [-0.15, -0.1) is 0 Å². The van der Waals surface area contributed by atoms with Crippen molar-refractivity contribution in [3.05, 3.63) is 0 Å². The molecular formula is C10H20N2O3. The maximum absolute atomic E-state index is 11.2. The van der Waals surface area contributed by atoms with Crippen molar-refractivity contribution in [2.45, 2.75) is 32.2 Å². The zero-order valence-electron chi connectivity index (χ0n) is 9.83. The van der Waals surface area contributed by atoms with E-state index in [-0.39, 0.29) is 24.3 Å². The van der Waals surface area contributed by atoms with Crippen molar-refractivity contribution < 1.29 is 14.7 Å². The molecule has 2 N–H and O–H groups in total. The predicted molar refractivity (Wildman–Crippen MR) is 57.6 cm³/mol. The molecule has 0 unspecified atom stereocenters. The summed E-state index contributed by atoms with van der Waals surface area (Å²) in [5.41, 5.74) is -0.126. The van der Waals surface area contributed by atoms with E-state index in [1.54, 1.807) is 0 Å². The van der Waals surface area contributed by atoms with Crippen LogP contribution in [-0.4, -0.2) is 48.1 Å². The number of likely N-dealkylation sites (N-methyl/N-ethyl adjacent to an activating group) is 1. The Labute approximate surface area is 90.5 Å². The molecule has 0 aliphatic heterocycles. The quantitative estimate of drug-likeness (QED) is 0.670. The minimum Gasteiger partial charge on any atom is -0.481 e. The van der Waals surface area contributed by atoms with Crippen LogP contribution in [0.1, 0.15) is 26.7 Å². The van der Waals surface area contributed by atoms with Crippen LogP contribution >= 0.6 is 0 Å². The minimum absolute atomic E-state index is 0.0405. The molecule has 0 saturated carbocycles. The highest BCUT2D eigenvalue weighted by atomic mass is 16.4. The highest BCUT2D eigenvalue weighted by molar-refractivity contribution is 5.80. The lowest BCUT2D eigenvalue weighted by atomic mass is 10.0. The summed E-state index contributed by atoms with van der Waals surface area (Å²) < 4.78 is 0. The van der Waals surface area contributed by atoms with Crippen molar-refractivity contribution >= 4 is 11.9 Å². The van der Waals surface area contributed by atoms with E-state index in [4.69, 9.17) is 5.11 Å². The Morgan fingerprint density at radius 1 is 1.27 bits per heavy atom. The normalized spacial score (nSPS) is 11.5. The molecule has 0 aromatic carbocycles. The van der Waals surface area contributed by atoms with Crippen LogP contribution in [0.25, 0.3) is 0 Å². The third kappa shape index (κ3) is 6.06. The number of carboxylic acids is 1. The maximum atomic E-state index is 11.2. The van der Waals surface area contributed by atoms with Gasteiger partial charge < -0.3 is 15.3 Å². The van der Waals surface area contributed by atoms with Gasteiger partial charge in [0.05, 0.1) is 6.42 Å². The van der Waals surface area contributed by atoms with Crippen molar-refractivity contribution in [3.8, 4) is 0 Å². The van der Waals surface area contributed by atoms with E-state index in [2.05, 4.69) is 5.32 Å². The van der Waals surface area contributed by atoms with E-state index < -0.39 is 5.97 Å². The van der Waals surface area contributed by atoms with Crippen LogP contribution in [0.5, 0.6) is 0 Å². The summed E-state index contributed by atoms with van der Waals surface area (Å²) in [4.78, 5) is 23.5. The molecule has 88 valence electrons. The largest absolute Gasteiger partial charge is 0.481 e. The standard InChI is InChI=1S/C10H20N2O3/c1-10(2,12(3)4)7-11-8(13)5-6-9(14)15/h5-7H2,1-4H3,(H,11,13)(H,14,15).